The molecule has 1 aliphatic rings. The van der Waals surface area contributed by atoms with E-state index in [-0.39, 0.29) is 12.5 Å². The van der Waals surface area contributed by atoms with Crippen LogP contribution in [-0.2, 0) is 16.1 Å². The first kappa shape index (κ1) is 19.5. The highest BCUT2D eigenvalue weighted by Gasteiger charge is 2.46. The summed E-state index contributed by atoms with van der Waals surface area (Å²) in [7, 11) is 0. The van der Waals surface area contributed by atoms with Gasteiger partial charge in [-0.15, -0.1) is 0 Å². The molecule has 5 nitrogen and oxygen atoms in total. The third-order valence-electron chi connectivity index (χ3n) is 4.73. The number of hydrogen-bond acceptors (Lipinski definition) is 3. The molecule has 3 rings (SSSR count). The molecule has 1 unspecified atom stereocenters. The maximum atomic E-state index is 12.9. The number of carbonyl (C=O) groups is 2. The van der Waals surface area contributed by atoms with Crippen molar-refractivity contribution in [2.24, 2.45) is 0 Å². The lowest BCUT2D eigenvalue weighted by molar-refractivity contribution is -0.125. The first-order valence-electron chi connectivity index (χ1n) is 8.65. The van der Waals surface area contributed by atoms with Gasteiger partial charge in [0.1, 0.15) is 12.1 Å². The van der Waals surface area contributed by atoms with Crippen molar-refractivity contribution in [3.63, 3.8) is 0 Å². The van der Waals surface area contributed by atoms with Crippen molar-refractivity contribution in [1.29, 1.82) is 0 Å². The summed E-state index contributed by atoms with van der Waals surface area (Å²) >= 11 is 12.1. The molecule has 0 radical (unpaired) electrons. The number of anilines is 1. The van der Waals surface area contributed by atoms with Crippen LogP contribution in [-0.4, -0.2) is 29.0 Å². The van der Waals surface area contributed by atoms with E-state index in [1.807, 2.05) is 30.3 Å². The zero-order chi connectivity index (χ0) is 19.4. The molecule has 2 aromatic rings. The summed E-state index contributed by atoms with van der Waals surface area (Å²) < 4.78 is 5.41. The second kappa shape index (κ2) is 8.19. The number of carbonyl (C=O) groups excluding carboxylic acids is 2. The average molecular weight is 407 g/mol. The third-order valence-corrected chi connectivity index (χ3v) is 5.30. The summed E-state index contributed by atoms with van der Waals surface area (Å²) in [5.41, 5.74) is 0.293. The Balaban J connectivity index is 1.70. The summed E-state index contributed by atoms with van der Waals surface area (Å²) in [5.74, 6) is -0.319. The zero-order valence-corrected chi connectivity index (χ0v) is 16.4. The molecule has 0 aliphatic carbocycles. The van der Waals surface area contributed by atoms with Crippen molar-refractivity contribution < 1.29 is 14.3 Å². The van der Waals surface area contributed by atoms with Gasteiger partial charge in [-0.1, -0.05) is 53.5 Å². The molecule has 0 saturated carbocycles. The summed E-state index contributed by atoms with van der Waals surface area (Å²) in [6.07, 6.45) is 0.747. The van der Waals surface area contributed by atoms with Crippen LogP contribution in [0.15, 0.2) is 48.5 Å². The van der Waals surface area contributed by atoms with Gasteiger partial charge in [-0.3, -0.25) is 9.69 Å². The number of ether oxygens (including phenoxy) is 1. The first-order valence-corrected chi connectivity index (χ1v) is 9.40. The Morgan fingerprint density at radius 1 is 1.19 bits per heavy atom. The Morgan fingerprint density at radius 3 is 2.67 bits per heavy atom. The first-order chi connectivity index (χ1) is 12.9. The molecule has 1 fully saturated rings. The molecule has 142 valence electrons. The number of nitrogens with zero attached hydrogens (tertiary/aromatic N) is 1. The number of nitrogens with one attached hydrogen (secondary N) is 1. The number of hydrogen-bond donors (Lipinski definition) is 1. The molecule has 0 bridgehead atoms. The smallest absolute Gasteiger partial charge is 0.410 e. The highest BCUT2D eigenvalue weighted by Crippen LogP contribution is 2.33. The van der Waals surface area contributed by atoms with Crippen molar-refractivity contribution in [1.82, 2.24) is 4.90 Å². The van der Waals surface area contributed by atoms with E-state index >= 15 is 0 Å². The molecule has 1 atom stereocenters. The molecule has 1 heterocycles. The van der Waals surface area contributed by atoms with Gasteiger partial charge in [0, 0.05) is 11.6 Å². The van der Waals surface area contributed by atoms with Crippen LogP contribution in [0.2, 0.25) is 10.0 Å². The van der Waals surface area contributed by atoms with Gasteiger partial charge in [0.2, 0.25) is 5.91 Å². The number of rotatable bonds is 4. The molecule has 0 aromatic heterocycles. The summed E-state index contributed by atoms with van der Waals surface area (Å²) in [6.45, 7) is 2.35. The number of halogens is 2. The van der Waals surface area contributed by atoms with E-state index in [2.05, 4.69) is 5.32 Å². The summed E-state index contributed by atoms with van der Waals surface area (Å²) in [5, 5.41) is 3.63. The van der Waals surface area contributed by atoms with Crippen LogP contribution in [0.4, 0.5) is 10.5 Å². The summed E-state index contributed by atoms with van der Waals surface area (Å²) in [4.78, 5) is 27.0. The lowest BCUT2D eigenvalue weighted by Gasteiger charge is -2.33. The van der Waals surface area contributed by atoms with E-state index in [0.29, 0.717) is 35.1 Å². The number of benzene rings is 2. The molecule has 7 heteroatoms. The van der Waals surface area contributed by atoms with Crippen molar-refractivity contribution >= 4 is 40.9 Å². The molecule has 1 N–H and O–H groups in total. The fourth-order valence-electron chi connectivity index (χ4n) is 3.14. The molecule has 2 amide bonds. The Hall–Kier alpha value is -2.24. The van der Waals surface area contributed by atoms with Gasteiger partial charge in [0.05, 0.1) is 10.7 Å². The minimum Gasteiger partial charge on any atom is -0.445 e. The van der Waals surface area contributed by atoms with Gasteiger partial charge in [0.25, 0.3) is 0 Å². The maximum absolute atomic E-state index is 12.9. The van der Waals surface area contributed by atoms with Crippen molar-refractivity contribution in [3.05, 3.63) is 64.1 Å². The summed E-state index contributed by atoms with van der Waals surface area (Å²) in [6, 6.07) is 14.3. The predicted octanol–water partition coefficient (Wildman–Crippen LogP) is 5.12. The average Bonchev–Trinajstić information content (AvgIpc) is 3.07. The second-order valence-corrected chi connectivity index (χ2v) is 7.49. The standard InChI is InChI=1S/C20H20Cl2N2O3/c1-20(18(25)23-17-12-15(21)8-9-16(17)22)10-5-11-24(20)19(26)27-13-14-6-3-2-4-7-14/h2-4,6-9,12H,5,10-11,13H2,1H3,(H,23,25). The zero-order valence-electron chi connectivity index (χ0n) is 14.9. The van der Waals surface area contributed by atoms with Gasteiger partial charge in [-0.05, 0) is 43.5 Å². The lowest BCUT2D eigenvalue weighted by atomic mass is 9.98. The number of likely N-dealkylation sites (tertiary alicyclic amines) is 1. The molecular formula is C20H20Cl2N2O3. The van der Waals surface area contributed by atoms with Crippen molar-refractivity contribution in [2.75, 3.05) is 11.9 Å². The molecule has 27 heavy (non-hydrogen) atoms. The Kier molecular flexibility index (Phi) is 5.92. The van der Waals surface area contributed by atoms with E-state index in [0.717, 1.165) is 5.56 Å². The predicted molar refractivity (Wildman–Crippen MR) is 106 cm³/mol. The van der Waals surface area contributed by atoms with Crippen LogP contribution < -0.4 is 5.32 Å². The van der Waals surface area contributed by atoms with Crippen LogP contribution in [0, 0.1) is 0 Å². The van der Waals surface area contributed by atoms with Gasteiger partial charge in [0.15, 0.2) is 0 Å². The van der Waals surface area contributed by atoms with Crippen molar-refractivity contribution in [2.45, 2.75) is 31.9 Å². The number of amides is 2. The molecule has 1 aliphatic heterocycles. The van der Waals surface area contributed by atoms with Crippen LogP contribution in [0.5, 0.6) is 0 Å². The van der Waals surface area contributed by atoms with Gasteiger partial charge < -0.3 is 10.1 Å². The SMILES string of the molecule is CC1(C(=O)Nc2cc(Cl)ccc2Cl)CCCN1C(=O)OCc1ccccc1. The second-order valence-electron chi connectivity index (χ2n) is 6.65. The third kappa shape index (κ3) is 4.37. The quantitative estimate of drug-likeness (QED) is 0.765. The largest absolute Gasteiger partial charge is 0.445 e. The van der Waals surface area contributed by atoms with Crippen LogP contribution >= 0.6 is 23.2 Å². The van der Waals surface area contributed by atoms with E-state index in [9.17, 15) is 9.59 Å². The van der Waals surface area contributed by atoms with Crippen LogP contribution in [0.25, 0.3) is 0 Å². The minimum absolute atomic E-state index is 0.161. The fourth-order valence-corrected chi connectivity index (χ4v) is 3.48. The van der Waals surface area contributed by atoms with E-state index in [1.165, 1.54) is 4.90 Å². The highest BCUT2D eigenvalue weighted by molar-refractivity contribution is 6.35. The van der Waals surface area contributed by atoms with Gasteiger partial charge in [-0.2, -0.15) is 0 Å². The fraction of sp³-hybridized carbons (Fsp3) is 0.300. The van der Waals surface area contributed by atoms with Crippen LogP contribution in [0.3, 0.4) is 0 Å². The van der Waals surface area contributed by atoms with E-state index < -0.39 is 11.6 Å². The Labute approximate surface area is 168 Å². The topological polar surface area (TPSA) is 58.6 Å². The lowest BCUT2D eigenvalue weighted by Crippen LogP contribution is -2.53. The van der Waals surface area contributed by atoms with E-state index in [4.69, 9.17) is 27.9 Å². The molecular weight excluding hydrogens is 387 g/mol. The monoisotopic (exact) mass is 406 g/mol. The molecule has 1 saturated heterocycles. The maximum Gasteiger partial charge on any atom is 0.410 e. The molecule has 2 aromatic carbocycles. The normalized spacial score (nSPS) is 19.0. The van der Waals surface area contributed by atoms with Gasteiger partial charge in [-0.25, -0.2) is 4.79 Å². The highest BCUT2D eigenvalue weighted by atomic mass is 35.5. The molecule has 0 spiro atoms. The van der Waals surface area contributed by atoms with Gasteiger partial charge >= 0.3 is 6.09 Å². The Morgan fingerprint density at radius 2 is 1.93 bits per heavy atom. The Bertz CT molecular complexity index is 844. The van der Waals surface area contributed by atoms with Crippen LogP contribution in [0.1, 0.15) is 25.3 Å². The van der Waals surface area contributed by atoms with E-state index in [1.54, 1.807) is 25.1 Å². The minimum atomic E-state index is -1.01. The van der Waals surface area contributed by atoms with Crippen molar-refractivity contribution in [3.8, 4) is 0 Å².